The molecule has 3 rings (SSSR count). The second-order valence-electron chi connectivity index (χ2n) is 5.90. The molecule has 0 aliphatic heterocycles. The lowest BCUT2D eigenvalue weighted by Gasteiger charge is -2.23. The van der Waals surface area contributed by atoms with Crippen LogP contribution in [0.5, 0.6) is 0 Å². The zero-order chi connectivity index (χ0) is 15.5. The van der Waals surface area contributed by atoms with Gasteiger partial charge < -0.3 is 15.6 Å². The molecule has 1 aliphatic carbocycles. The Hall–Kier alpha value is -1.75. The summed E-state index contributed by atoms with van der Waals surface area (Å²) in [6.45, 7) is 0.467. The van der Waals surface area contributed by atoms with Crippen LogP contribution in [0.1, 0.15) is 37.9 Å². The molecule has 5 nitrogen and oxygen atoms in total. The average molecular weight is 320 g/mol. The first-order valence-electron chi connectivity index (χ1n) is 7.81. The third kappa shape index (κ3) is 3.35. The maximum Gasteiger partial charge on any atom is 0.189 e. The number of aryl methyl sites for hydroxylation is 1. The summed E-state index contributed by atoms with van der Waals surface area (Å²) in [7, 11) is 1.98. The lowest BCUT2D eigenvalue weighted by Crippen LogP contribution is -2.41. The van der Waals surface area contributed by atoms with Gasteiger partial charge >= 0.3 is 0 Å². The van der Waals surface area contributed by atoms with Crippen LogP contribution in [0.4, 0.5) is 0 Å². The Morgan fingerprint density at radius 1 is 1.41 bits per heavy atom. The van der Waals surface area contributed by atoms with Gasteiger partial charge in [0.2, 0.25) is 0 Å². The van der Waals surface area contributed by atoms with Crippen LogP contribution in [0, 0.1) is 0 Å². The molecule has 0 atom stereocenters. The molecule has 1 aromatic heterocycles. The smallest absolute Gasteiger partial charge is 0.189 e. The Kier molecular flexibility index (Phi) is 4.52. The number of nitrogens with zero attached hydrogens (tertiary/aromatic N) is 3. The number of halogens is 1. The summed E-state index contributed by atoms with van der Waals surface area (Å²) < 4.78 is 2.03. The van der Waals surface area contributed by atoms with Crippen molar-refractivity contribution in [3.63, 3.8) is 0 Å². The van der Waals surface area contributed by atoms with E-state index < -0.39 is 0 Å². The summed E-state index contributed by atoms with van der Waals surface area (Å²) in [5, 5.41) is 4.01. The summed E-state index contributed by atoms with van der Waals surface area (Å²) >= 11 is 6.01. The summed E-state index contributed by atoms with van der Waals surface area (Å²) in [6.07, 6.45) is 6.24. The molecule has 1 saturated carbocycles. The van der Waals surface area contributed by atoms with Gasteiger partial charge in [-0.3, -0.25) is 0 Å². The van der Waals surface area contributed by atoms with E-state index in [0.29, 0.717) is 23.6 Å². The number of hydrogen-bond donors (Lipinski definition) is 2. The number of rotatable bonds is 3. The number of nitrogens with two attached hydrogens (primary N) is 1. The van der Waals surface area contributed by atoms with Gasteiger partial charge in [0.25, 0.3) is 0 Å². The summed E-state index contributed by atoms with van der Waals surface area (Å²) in [5.41, 5.74) is 7.94. The Bertz CT molecular complexity index is 685. The molecule has 1 aliphatic rings. The van der Waals surface area contributed by atoms with Gasteiger partial charge in [0.1, 0.15) is 12.4 Å². The Labute approximate surface area is 135 Å². The predicted molar refractivity (Wildman–Crippen MR) is 91.1 cm³/mol. The summed E-state index contributed by atoms with van der Waals surface area (Å²) in [6, 6.07) is 6.18. The van der Waals surface area contributed by atoms with Crippen LogP contribution in [-0.4, -0.2) is 21.6 Å². The largest absolute Gasteiger partial charge is 0.370 e. The van der Waals surface area contributed by atoms with E-state index in [9.17, 15) is 0 Å². The molecule has 0 spiro atoms. The highest BCUT2D eigenvalue weighted by molar-refractivity contribution is 6.31. The number of aromatic nitrogens is 2. The van der Waals surface area contributed by atoms with Crippen molar-refractivity contribution in [2.24, 2.45) is 17.8 Å². The highest BCUT2D eigenvalue weighted by Gasteiger charge is 2.13. The first kappa shape index (κ1) is 15.2. The van der Waals surface area contributed by atoms with Crippen LogP contribution in [0.15, 0.2) is 23.2 Å². The van der Waals surface area contributed by atoms with Crippen LogP contribution < -0.4 is 11.1 Å². The molecule has 22 heavy (non-hydrogen) atoms. The number of benzene rings is 1. The molecule has 0 radical (unpaired) electrons. The third-order valence-corrected chi connectivity index (χ3v) is 4.52. The van der Waals surface area contributed by atoms with Crippen molar-refractivity contribution in [1.29, 1.82) is 0 Å². The van der Waals surface area contributed by atoms with E-state index in [4.69, 9.17) is 17.3 Å². The minimum absolute atomic E-state index is 0.467. The van der Waals surface area contributed by atoms with Gasteiger partial charge in [0, 0.05) is 18.1 Å². The van der Waals surface area contributed by atoms with Gasteiger partial charge in [-0.1, -0.05) is 30.9 Å². The zero-order valence-corrected chi connectivity index (χ0v) is 13.6. The van der Waals surface area contributed by atoms with Crippen molar-refractivity contribution in [2.45, 2.75) is 44.7 Å². The molecule has 2 aromatic rings. The zero-order valence-electron chi connectivity index (χ0n) is 12.8. The summed E-state index contributed by atoms with van der Waals surface area (Å²) in [4.78, 5) is 9.01. The van der Waals surface area contributed by atoms with E-state index in [0.717, 1.165) is 16.9 Å². The van der Waals surface area contributed by atoms with E-state index in [1.165, 1.54) is 32.1 Å². The van der Waals surface area contributed by atoms with Gasteiger partial charge in [-0.25, -0.2) is 9.98 Å². The van der Waals surface area contributed by atoms with E-state index in [2.05, 4.69) is 15.3 Å². The van der Waals surface area contributed by atoms with Gasteiger partial charge in [0.05, 0.1) is 11.0 Å². The first-order valence-corrected chi connectivity index (χ1v) is 8.18. The summed E-state index contributed by atoms with van der Waals surface area (Å²) in [5.74, 6) is 1.39. The van der Waals surface area contributed by atoms with Crippen molar-refractivity contribution < 1.29 is 0 Å². The molecule has 0 unspecified atom stereocenters. The molecule has 6 heteroatoms. The average Bonchev–Trinajstić information content (AvgIpc) is 2.82. The van der Waals surface area contributed by atoms with Gasteiger partial charge in [-0.2, -0.15) is 0 Å². The molecular weight excluding hydrogens is 298 g/mol. The van der Waals surface area contributed by atoms with Gasteiger partial charge in [-0.15, -0.1) is 0 Å². The van der Waals surface area contributed by atoms with Crippen LogP contribution in [-0.2, 0) is 13.6 Å². The van der Waals surface area contributed by atoms with Gasteiger partial charge in [-0.05, 0) is 31.0 Å². The molecule has 0 amide bonds. The van der Waals surface area contributed by atoms with Crippen molar-refractivity contribution in [2.75, 3.05) is 0 Å². The monoisotopic (exact) mass is 319 g/mol. The number of guanidine groups is 1. The maximum absolute atomic E-state index is 6.01. The fraction of sp³-hybridized carbons (Fsp3) is 0.500. The van der Waals surface area contributed by atoms with Crippen molar-refractivity contribution in [1.82, 2.24) is 14.9 Å². The first-order chi connectivity index (χ1) is 10.6. The quantitative estimate of drug-likeness (QED) is 0.675. The topological polar surface area (TPSA) is 68.2 Å². The van der Waals surface area contributed by atoms with Crippen molar-refractivity contribution in [3.8, 4) is 0 Å². The van der Waals surface area contributed by atoms with Crippen LogP contribution in [0.2, 0.25) is 5.02 Å². The Balaban J connectivity index is 1.69. The minimum atomic E-state index is 0.467. The minimum Gasteiger partial charge on any atom is -0.370 e. The molecule has 118 valence electrons. The van der Waals surface area contributed by atoms with Crippen LogP contribution in [0.25, 0.3) is 11.0 Å². The molecule has 0 bridgehead atoms. The number of nitrogens with one attached hydrogen (secondary N) is 1. The fourth-order valence-corrected chi connectivity index (χ4v) is 3.19. The normalized spacial score (nSPS) is 17.1. The second-order valence-corrected chi connectivity index (χ2v) is 6.34. The fourth-order valence-electron chi connectivity index (χ4n) is 3.02. The molecule has 1 heterocycles. The number of aliphatic imine (C=N–C) groups is 1. The molecular formula is C16H22ClN5. The maximum atomic E-state index is 6.01. The highest BCUT2D eigenvalue weighted by atomic mass is 35.5. The van der Waals surface area contributed by atoms with Crippen molar-refractivity contribution >= 4 is 28.6 Å². The van der Waals surface area contributed by atoms with E-state index in [1.54, 1.807) is 0 Å². The van der Waals surface area contributed by atoms with E-state index >= 15 is 0 Å². The number of imidazole rings is 1. The Morgan fingerprint density at radius 3 is 2.95 bits per heavy atom. The third-order valence-electron chi connectivity index (χ3n) is 4.28. The van der Waals surface area contributed by atoms with Crippen molar-refractivity contribution in [3.05, 3.63) is 29.0 Å². The molecule has 3 N–H and O–H groups in total. The molecule has 1 aromatic carbocycles. The standard InChI is InChI=1S/C16H22ClN5/c1-22-14-8-7-11(17)9-13(14)21-15(22)10-19-16(18)20-12-5-3-2-4-6-12/h7-9,12H,2-6,10H2,1H3,(H3,18,19,20). The number of hydrogen-bond acceptors (Lipinski definition) is 2. The van der Waals surface area contributed by atoms with E-state index in [-0.39, 0.29) is 0 Å². The number of fused-ring (bicyclic) bond motifs is 1. The molecule has 0 saturated heterocycles. The highest BCUT2D eigenvalue weighted by Crippen LogP contribution is 2.20. The lowest BCUT2D eigenvalue weighted by atomic mass is 9.96. The van der Waals surface area contributed by atoms with Crippen LogP contribution in [0.3, 0.4) is 0 Å². The predicted octanol–water partition coefficient (Wildman–Crippen LogP) is 2.96. The SMILES string of the molecule is Cn1c(CN=C(N)NC2CCCCC2)nc2cc(Cl)ccc21. The Morgan fingerprint density at radius 2 is 2.18 bits per heavy atom. The van der Waals surface area contributed by atoms with E-state index in [1.807, 2.05) is 29.8 Å². The second kappa shape index (κ2) is 6.57. The van der Waals surface area contributed by atoms with Gasteiger partial charge in [0.15, 0.2) is 5.96 Å². The molecule has 1 fully saturated rings. The lowest BCUT2D eigenvalue weighted by molar-refractivity contribution is 0.412. The van der Waals surface area contributed by atoms with Crippen LogP contribution >= 0.6 is 11.6 Å².